The van der Waals surface area contributed by atoms with Crippen molar-refractivity contribution in [1.29, 1.82) is 0 Å². The lowest BCUT2D eigenvalue weighted by Gasteiger charge is -2.15. The van der Waals surface area contributed by atoms with Crippen molar-refractivity contribution in [2.45, 2.75) is 0 Å². The zero-order chi connectivity index (χ0) is 28.3. The van der Waals surface area contributed by atoms with Crippen molar-refractivity contribution in [3.63, 3.8) is 0 Å². The molecule has 9 aromatic rings. The summed E-state index contributed by atoms with van der Waals surface area (Å²) in [5.74, 6) is 0.740. The maximum Gasteiger partial charge on any atom is 0.161 e. The molecule has 0 aliphatic rings. The number of hydrogen-bond donors (Lipinski definition) is 0. The van der Waals surface area contributed by atoms with E-state index in [9.17, 15) is 0 Å². The van der Waals surface area contributed by atoms with E-state index in [0.29, 0.717) is 0 Å². The van der Waals surface area contributed by atoms with Crippen molar-refractivity contribution in [2.75, 3.05) is 0 Å². The average molecular weight is 565 g/mol. The maximum absolute atomic E-state index is 5.34. The predicted molar refractivity (Wildman–Crippen MR) is 184 cm³/mol. The van der Waals surface area contributed by atoms with Gasteiger partial charge in [-0.05, 0) is 62.6 Å². The Hall–Kier alpha value is -5.38. The first kappa shape index (κ1) is 24.2. The monoisotopic (exact) mass is 564 g/mol. The van der Waals surface area contributed by atoms with E-state index in [1.54, 1.807) is 0 Å². The molecule has 200 valence electrons. The first-order valence-electron chi connectivity index (χ1n) is 14.5. The quantitative estimate of drug-likeness (QED) is 0.158. The Morgan fingerprint density at radius 2 is 1.05 bits per heavy atom. The molecule has 0 fully saturated rings. The standard InChI is InChI=1S/C40H24N2S/c1-2-11-26(12-3-1)35-24-36(28-19-21-38-34(23-28)31-16-8-9-17-37(31)43-38)42-40(41-35)39-30-15-7-5-13-27(30)22-33-29-14-6-4-10-25(29)18-20-32(33)39/h1-24H. The number of nitrogens with zero attached hydrogens (tertiary/aromatic N) is 2. The van der Waals surface area contributed by atoms with Crippen molar-refractivity contribution >= 4 is 63.8 Å². The minimum atomic E-state index is 0.740. The molecule has 3 heteroatoms. The third-order valence-corrected chi connectivity index (χ3v) is 9.61. The van der Waals surface area contributed by atoms with Gasteiger partial charge in [-0.3, -0.25) is 0 Å². The maximum atomic E-state index is 5.34. The van der Waals surface area contributed by atoms with Gasteiger partial charge in [0, 0.05) is 36.9 Å². The van der Waals surface area contributed by atoms with Crippen molar-refractivity contribution in [2.24, 2.45) is 0 Å². The van der Waals surface area contributed by atoms with Crippen LogP contribution in [0.4, 0.5) is 0 Å². The van der Waals surface area contributed by atoms with Gasteiger partial charge in [-0.25, -0.2) is 9.97 Å². The Morgan fingerprint density at radius 3 is 1.91 bits per heavy atom. The van der Waals surface area contributed by atoms with E-state index in [1.165, 1.54) is 41.7 Å². The van der Waals surface area contributed by atoms with Gasteiger partial charge >= 0.3 is 0 Å². The summed E-state index contributed by atoms with van der Waals surface area (Å²) in [6.45, 7) is 0. The highest BCUT2D eigenvalue weighted by molar-refractivity contribution is 7.25. The molecular formula is C40H24N2S. The third-order valence-electron chi connectivity index (χ3n) is 8.46. The van der Waals surface area contributed by atoms with E-state index in [1.807, 2.05) is 17.4 Å². The molecule has 43 heavy (non-hydrogen) atoms. The van der Waals surface area contributed by atoms with E-state index in [4.69, 9.17) is 9.97 Å². The van der Waals surface area contributed by atoms with Gasteiger partial charge in [0.05, 0.1) is 11.4 Å². The Bertz CT molecular complexity index is 2510. The lowest BCUT2D eigenvalue weighted by atomic mass is 9.92. The van der Waals surface area contributed by atoms with Gasteiger partial charge in [-0.1, -0.05) is 115 Å². The summed E-state index contributed by atoms with van der Waals surface area (Å²) < 4.78 is 2.59. The number of aromatic nitrogens is 2. The molecule has 2 heterocycles. The number of hydrogen-bond acceptors (Lipinski definition) is 3. The van der Waals surface area contributed by atoms with Crippen LogP contribution >= 0.6 is 11.3 Å². The molecule has 0 atom stereocenters. The molecular weight excluding hydrogens is 541 g/mol. The van der Waals surface area contributed by atoms with Crippen molar-refractivity contribution < 1.29 is 0 Å². The summed E-state index contributed by atoms with van der Waals surface area (Å²) in [5.41, 5.74) is 5.07. The molecule has 0 aliphatic heterocycles. The molecule has 0 amide bonds. The van der Waals surface area contributed by atoms with Crippen LogP contribution in [0.2, 0.25) is 0 Å². The van der Waals surface area contributed by atoms with Crippen LogP contribution in [-0.2, 0) is 0 Å². The second kappa shape index (κ2) is 9.59. The summed E-state index contributed by atoms with van der Waals surface area (Å²) >= 11 is 1.84. The summed E-state index contributed by atoms with van der Waals surface area (Å²) in [6, 6.07) is 51.9. The van der Waals surface area contributed by atoms with Crippen LogP contribution in [0.25, 0.3) is 86.4 Å². The zero-order valence-corrected chi connectivity index (χ0v) is 24.0. The van der Waals surface area contributed by atoms with Gasteiger partial charge in [-0.2, -0.15) is 0 Å². The molecule has 7 aromatic carbocycles. The first-order valence-corrected chi connectivity index (χ1v) is 15.3. The molecule has 0 aliphatic carbocycles. The van der Waals surface area contributed by atoms with E-state index < -0.39 is 0 Å². The molecule has 0 saturated heterocycles. The normalized spacial score (nSPS) is 11.7. The highest BCUT2D eigenvalue weighted by Crippen LogP contribution is 2.40. The van der Waals surface area contributed by atoms with Crippen LogP contribution in [0.3, 0.4) is 0 Å². The third kappa shape index (κ3) is 3.93. The van der Waals surface area contributed by atoms with Crippen molar-refractivity contribution in [3.8, 4) is 33.9 Å². The number of thiophene rings is 1. The molecule has 0 unspecified atom stereocenters. The van der Waals surface area contributed by atoms with E-state index in [0.717, 1.165) is 44.7 Å². The molecule has 0 spiro atoms. The van der Waals surface area contributed by atoms with Crippen LogP contribution in [-0.4, -0.2) is 9.97 Å². The fourth-order valence-corrected chi connectivity index (χ4v) is 7.50. The highest BCUT2D eigenvalue weighted by atomic mass is 32.1. The van der Waals surface area contributed by atoms with Gasteiger partial charge in [-0.15, -0.1) is 11.3 Å². The summed E-state index contributed by atoms with van der Waals surface area (Å²) in [4.78, 5) is 10.6. The number of benzene rings is 7. The second-order valence-electron chi connectivity index (χ2n) is 11.0. The Balaban J connectivity index is 1.37. The summed E-state index contributed by atoms with van der Waals surface area (Å²) in [5, 5.41) is 9.73. The lowest BCUT2D eigenvalue weighted by Crippen LogP contribution is -1.97. The Labute approximate surface area is 252 Å². The topological polar surface area (TPSA) is 25.8 Å². The van der Waals surface area contributed by atoms with Crippen molar-refractivity contribution in [3.05, 3.63) is 146 Å². The SMILES string of the molecule is c1ccc(-c2cc(-c3ccc4sc5ccccc5c4c3)nc(-c3c4ccccc4cc4c3ccc3ccccc34)n2)cc1. The Kier molecular flexibility index (Phi) is 5.40. The molecule has 0 radical (unpaired) electrons. The molecule has 9 rings (SSSR count). The van der Waals surface area contributed by atoms with Crippen LogP contribution < -0.4 is 0 Å². The molecule has 0 N–H and O–H groups in total. The fourth-order valence-electron chi connectivity index (χ4n) is 6.41. The van der Waals surface area contributed by atoms with E-state index >= 15 is 0 Å². The van der Waals surface area contributed by atoms with Gasteiger partial charge in [0.15, 0.2) is 5.82 Å². The lowest BCUT2D eigenvalue weighted by molar-refractivity contribution is 1.19. The largest absolute Gasteiger partial charge is 0.228 e. The average Bonchev–Trinajstić information content (AvgIpc) is 3.45. The van der Waals surface area contributed by atoms with E-state index in [2.05, 4.69) is 140 Å². The summed E-state index contributed by atoms with van der Waals surface area (Å²) in [7, 11) is 0. The van der Waals surface area contributed by atoms with Gasteiger partial charge < -0.3 is 0 Å². The van der Waals surface area contributed by atoms with Gasteiger partial charge in [0.25, 0.3) is 0 Å². The zero-order valence-electron chi connectivity index (χ0n) is 23.2. The first-order chi connectivity index (χ1) is 21.3. The Morgan fingerprint density at radius 1 is 0.372 bits per heavy atom. The van der Waals surface area contributed by atoms with Gasteiger partial charge in [0.1, 0.15) is 0 Å². The van der Waals surface area contributed by atoms with Crippen LogP contribution in [0.15, 0.2) is 146 Å². The van der Waals surface area contributed by atoms with Crippen LogP contribution in [0, 0.1) is 0 Å². The minimum Gasteiger partial charge on any atom is -0.228 e. The van der Waals surface area contributed by atoms with Crippen LogP contribution in [0.1, 0.15) is 0 Å². The van der Waals surface area contributed by atoms with Gasteiger partial charge in [0.2, 0.25) is 0 Å². The van der Waals surface area contributed by atoms with Crippen molar-refractivity contribution in [1.82, 2.24) is 9.97 Å². The molecule has 0 bridgehead atoms. The van der Waals surface area contributed by atoms with E-state index in [-0.39, 0.29) is 0 Å². The summed E-state index contributed by atoms with van der Waals surface area (Å²) in [6.07, 6.45) is 0. The van der Waals surface area contributed by atoms with Crippen LogP contribution in [0.5, 0.6) is 0 Å². The molecule has 2 nitrogen and oxygen atoms in total. The number of rotatable bonds is 3. The molecule has 0 saturated carbocycles. The minimum absolute atomic E-state index is 0.740. The predicted octanol–water partition coefficient (Wildman–Crippen LogP) is 11.3. The smallest absolute Gasteiger partial charge is 0.161 e. The number of fused-ring (bicyclic) bond motifs is 7. The second-order valence-corrected chi connectivity index (χ2v) is 12.1. The fraction of sp³-hybridized carbons (Fsp3) is 0. The highest BCUT2D eigenvalue weighted by Gasteiger charge is 2.18. The molecule has 2 aromatic heterocycles.